The Morgan fingerprint density at radius 1 is 1.69 bits per heavy atom. The van der Waals surface area contributed by atoms with Gasteiger partial charge in [0, 0.05) is 12.5 Å². The normalized spacial score (nSPS) is 35.8. The molecule has 1 aliphatic heterocycles. The standard InChI is InChI=1S/C10H13NO2/c1-2-5-11-10(12)8-7-4-3-6-13-9(7)8/h1,7-9H,3-6H2,(H,11,12). The van der Waals surface area contributed by atoms with Crippen molar-refractivity contribution in [3.63, 3.8) is 0 Å². The lowest BCUT2D eigenvalue weighted by atomic mass is 10.2. The summed E-state index contributed by atoms with van der Waals surface area (Å²) in [5.41, 5.74) is 0. The van der Waals surface area contributed by atoms with Gasteiger partial charge in [-0.25, -0.2) is 0 Å². The summed E-state index contributed by atoms with van der Waals surface area (Å²) < 4.78 is 5.45. The molecular formula is C10H13NO2. The van der Waals surface area contributed by atoms with Gasteiger partial charge in [-0.15, -0.1) is 6.42 Å². The molecule has 3 unspecified atom stereocenters. The van der Waals surface area contributed by atoms with Crippen molar-refractivity contribution in [2.75, 3.05) is 13.2 Å². The molecular weight excluding hydrogens is 166 g/mol. The van der Waals surface area contributed by atoms with Crippen LogP contribution in [0.4, 0.5) is 0 Å². The molecule has 1 heterocycles. The molecule has 2 aliphatic rings. The summed E-state index contributed by atoms with van der Waals surface area (Å²) in [5, 5.41) is 2.70. The van der Waals surface area contributed by atoms with E-state index in [-0.39, 0.29) is 17.9 Å². The van der Waals surface area contributed by atoms with E-state index in [9.17, 15) is 4.79 Å². The highest BCUT2D eigenvalue weighted by molar-refractivity contribution is 5.83. The summed E-state index contributed by atoms with van der Waals surface area (Å²) in [4.78, 5) is 11.4. The van der Waals surface area contributed by atoms with Crippen LogP contribution in [0, 0.1) is 24.2 Å². The van der Waals surface area contributed by atoms with Crippen molar-refractivity contribution in [2.24, 2.45) is 11.8 Å². The zero-order valence-electron chi connectivity index (χ0n) is 7.45. The monoisotopic (exact) mass is 179 g/mol. The average molecular weight is 179 g/mol. The predicted octanol–water partition coefficient (Wildman–Crippen LogP) is 0.161. The fourth-order valence-electron chi connectivity index (χ4n) is 2.05. The number of fused-ring (bicyclic) bond motifs is 1. The summed E-state index contributed by atoms with van der Waals surface area (Å²) >= 11 is 0. The number of hydrogen-bond donors (Lipinski definition) is 1. The fraction of sp³-hybridized carbons (Fsp3) is 0.700. The van der Waals surface area contributed by atoms with Crippen molar-refractivity contribution >= 4 is 5.91 Å². The lowest BCUT2D eigenvalue weighted by molar-refractivity contribution is -0.123. The third-order valence-electron chi connectivity index (χ3n) is 2.76. The highest BCUT2D eigenvalue weighted by Crippen LogP contribution is 2.47. The zero-order valence-corrected chi connectivity index (χ0v) is 7.45. The molecule has 1 amide bonds. The van der Waals surface area contributed by atoms with E-state index in [0.717, 1.165) is 19.4 Å². The van der Waals surface area contributed by atoms with Gasteiger partial charge in [0.25, 0.3) is 0 Å². The van der Waals surface area contributed by atoms with Crippen LogP contribution in [0.3, 0.4) is 0 Å². The summed E-state index contributed by atoms with van der Waals surface area (Å²) in [7, 11) is 0. The largest absolute Gasteiger partial charge is 0.377 e. The molecule has 0 aromatic carbocycles. The Labute approximate surface area is 77.8 Å². The van der Waals surface area contributed by atoms with Gasteiger partial charge in [-0.3, -0.25) is 4.79 Å². The van der Waals surface area contributed by atoms with E-state index in [1.165, 1.54) is 0 Å². The second-order valence-corrected chi connectivity index (χ2v) is 3.59. The molecule has 1 saturated carbocycles. The van der Waals surface area contributed by atoms with Crippen LogP contribution in [0.2, 0.25) is 0 Å². The minimum absolute atomic E-state index is 0.0647. The number of amides is 1. The van der Waals surface area contributed by atoms with Crippen LogP contribution >= 0.6 is 0 Å². The molecule has 0 bridgehead atoms. The van der Waals surface area contributed by atoms with Gasteiger partial charge >= 0.3 is 0 Å². The molecule has 3 nitrogen and oxygen atoms in total. The number of terminal acetylenes is 1. The van der Waals surface area contributed by atoms with Crippen LogP contribution in [-0.4, -0.2) is 25.2 Å². The molecule has 0 aromatic heterocycles. The van der Waals surface area contributed by atoms with E-state index in [1.54, 1.807) is 0 Å². The number of ether oxygens (including phenoxy) is 1. The van der Waals surface area contributed by atoms with E-state index in [1.807, 2.05) is 0 Å². The quantitative estimate of drug-likeness (QED) is 0.613. The SMILES string of the molecule is C#CCNC(=O)C1C2CCCOC21. The fourth-order valence-corrected chi connectivity index (χ4v) is 2.05. The Balaban J connectivity index is 1.83. The Hall–Kier alpha value is -1.01. The summed E-state index contributed by atoms with van der Waals surface area (Å²) in [6.07, 6.45) is 7.44. The highest BCUT2D eigenvalue weighted by Gasteiger charge is 2.56. The van der Waals surface area contributed by atoms with Crippen molar-refractivity contribution in [1.29, 1.82) is 0 Å². The maximum atomic E-state index is 11.4. The van der Waals surface area contributed by atoms with Gasteiger partial charge in [0.1, 0.15) is 0 Å². The Bertz CT molecular complexity index is 244. The minimum atomic E-state index is 0.0647. The van der Waals surface area contributed by atoms with Gasteiger partial charge in [-0.2, -0.15) is 0 Å². The van der Waals surface area contributed by atoms with E-state index in [2.05, 4.69) is 11.2 Å². The number of hydrogen-bond acceptors (Lipinski definition) is 2. The molecule has 0 radical (unpaired) electrons. The van der Waals surface area contributed by atoms with Gasteiger partial charge in [-0.1, -0.05) is 5.92 Å². The maximum Gasteiger partial charge on any atom is 0.226 e. The van der Waals surface area contributed by atoms with E-state index >= 15 is 0 Å². The van der Waals surface area contributed by atoms with Gasteiger partial charge in [0.05, 0.1) is 18.6 Å². The molecule has 1 aliphatic carbocycles. The topological polar surface area (TPSA) is 38.3 Å². The van der Waals surface area contributed by atoms with E-state index in [0.29, 0.717) is 12.5 Å². The van der Waals surface area contributed by atoms with Crippen molar-refractivity contribution in [3.8, 4) is 12.3 Å². The van der Waals surface area contributed by atoms with Gasteiger partial charge in [0.15, 0.2) is 0 Å². The lowest BCUT2D eigenvalue weighted by Gasteiger charge is -2.07. The van der Waals surface area contributed by atoms with Crippen LogP contribution < -0.4 is 5.32 Å². The first kappa shape index (κ1) is 8.58. The second kappa shape index (κ2) is 3.39. The van der Waals surface area contributed by atoms with Gasteiger partial charge < -0.3 is 10.1 Å². The predicted molar refractivity (Wildman–Crippen MR) is 47.8 cm³/mol. The highest BCUT2D eigenvalue weighted by atomic mass is 16.5. The molecule has 0 spiro atoms. The Morgan fingerprint density at radius 2 is 2.54 bits per heavy atom. The molecule has 2 fully saturated rings. The minimum Gasteiger partial charge on any atom is -0.377 e. The lowest BCUT2D eigenvalue weighted by Crippen LogP contribution is -2.26. The molecule has 70 valence electrons. The van der Waals surface area contributed by atoms with Crippen molar-refractivity contribution in [1.82, 2.24) is 5.32 Å². The summed E-state index contributed by atoms with van der Waals surface area (Å²) in [6, 6.07) is 0. The average Bonchev–Trinajstić information content (AvgIpc) is 2.88. The first-order chi connectivity index (χ1) is 6.34. The summed E-state index contributed by atoms with van der Waals surface area (Å²) in [6.45, 7) is 1.13. The molecule has 1 N–H and O–H groups in total. The molecule has 13 heavy (non-hydrogen) atoms. The zero-order chi connectivity index (χ0) is 9.26. The van der Waals surface area contributed by atoms with Crippen LogP contribution in [0.15, 0.2) is 0 Å². The third kappa shape index (κ3) is 1.54. The van der Waals surface area contributed by atoms with Gasteiger partial charge in [-0.05, 0) is 12.8 Å². The Morgan fingerprint density at radius 3 is 3.15 bits per heavy atom. The Kier molecular flexibility index (Phi) is 2.24. The van der Waals surface area contributed by atoms with Crippen LogP contribution in [0.25, 0.3) is 0 Å². The van der Waals surface area contributed by atoms with Crippen LogP contribution in [0.1, 0.15) is 12.8 Å². The first-order valence-electron chi connectivity index (χ1n) is 4.67. The number of rotatable bonds is 2. The van der Waals surface area contributed by atoms with E-state index in [4.69, 9.17) is 11.2 Å². The third-order valence-corrected chi connectivity index (χ3v) is 2.76. The number of nitrogens with one attached hydrogen (secondary N) is 1. The van der Waals surface area contributed by atoms with Crippen LogP contribution in [0.5, 0.6) is 0 Å². The number of carbonyl (C=O) groups excluding carboxylic acids is 1. The van der Waals surface area contributed by atoms with E-state index < -0.39 is 0 Å². The molecule has 0 aromatic rings. The smallest absolute Gasteiger partial charge is 0.226 e. The molecule has 1 saturated heterocycles. The van der Waals surface area contributed by atoms with Crippen molar-refractivity contribution in [3.05, 3.63) is 0 Å². The second-order valence-electron chi connectivity index (χ2n) is 3.59. The van der Waals surface area contributed by atoms with Gasteiger partial charge in [0.2, 0.25) is 5.91 Å². The molecule has 3 heteroatoms. The number of carbonyl (C=O) groups is 1. The summed E-state index contributed by atoms with van der Waals surface area (Å²) in [5.74, 6) is 3.00. The van der Waals surface area contributed by atoms with Crippen molar-refractivity contribution in [2.45, 2.75) is 18.9 Å². The molecule has 3 atom stereocenters. The molecule has 2 rings (SSSR count). The first-order valence-corrected chi connectivity index (χ1v) is 4.67. The van der Waals surface area contributed by atoms with Crippen LogP contribution in [-0.2, 0) is 9.53 Å². The maximum absolute atomic E-state index is 11.4. The van der Waals surface area contributed by atoms with Crippen molar-refractivity contribution < 1.29 is 9.53 Å².